The van der Waals surface area contributed by atoms with Crippen molar-refractivity contribution in [3.8, 4) is 0 Å². The normalized spacial score (nSPS) is 12.9. The van der Waals surface area contributed by atoms with Crippen LogP contribution >= 0.6 is 0 Å². The molecule has 0 radical (unpaired) electrons. The number of nitrogens with zero attached hydrogens (tertiary/aromatic N) is 2. The highest BCUT2D eigenvalue weighted by molar-refractivity contribution is 5.83. The van der Waals surface area contributed by atoms with Crippen molar-refractivity contribution in [2.75, 3.05) is 19.0 Å². The number of hydrogen-bond donors (Lipinski definition) is 2. The summed E-state index contributed by atoms with van der Waals surface area (Å²) in [5.41, 5.74) is 1.53. The van der Waals surface area contributed by atoms with Crippen molar-refractivity contribution in [3.63, 3.8) is 0 Å². The van der Waals surface area contributed by atoms with Crippen molar-refractivity contribution in [2.45, 2.75) is 38.9 Å². The van der Waals surface area contributed by atoms with Gasteiger partial charge in [0.15, 0.2) is 0 Å². The fraction of sp³-hybridized carbons (Fsp3) is 0.364. The molecule has 0 saturated heterocycles. The molecule has 1 unspecified atom stereocenters. The van der Waals surface area contributed by atoms with Crippen LogP contribution in [0.1, 0.15) is 44.0 Å². The molecular weight excluding hydrogens is 338 g/mol. The second kappa shape index (κ2) is 8.03. The van der Waals surface area contributed by atoms with E-state index in [9.17, 15) is 5.11 Å². The smallest absolute Gasteiger partial charge is 0.136 e. The Hall–Kier alpha value is -2.50. The molecule has 1 atom stereocenters. The van der Waals surface area contributed by atoms with E-state index in [1.165, 1.54) is 0 Å². The molecule has 1 heterocycles. The van der Waals surface area contributed by atoms with Crippen LogP contribution in [0.25, 0.3) is 10.8 Å². The fourth-order valence-corrected chi connectivity index (χ4v) is 2.88. The van der Waals surface area contributed by atoms with Crippen LogP contribution in [0.2, 0.25) is 0 Å². The van der Waals surface area contributed by atoms with Crippen LogP contribution in [0.4, 0.5) is 5.82 Å². The van der Waals surface area contributed by atoms with Gasteiger partial charge in [-0.2, -0.15) is 0 Å². The summed E-state index contributed by atoms with van der Waals surface area (Å²) in [6.07, 6.45) is -0.631. The quantitative estimate of drug-likeness (QED) is 0.685. The summed E-state index contributed by atoms with van der Waals surface area (Å²) in [6, 6.07) is 16.0. The molecule has 2 aromatic carbocycles. The lowest BCUT2D eigenvalue weighted by atomic mass is 9.95. The number of anilines is 1. The van der Waals surface area contributed by atoms with E-state index in [-0.39, 0.29) is 5.41 Å². The van der Waals surface area contributed by atoms with Crippen molar-refractivity contribution >= 4 is 16.6 Å². The maximum absolute atomic E-state index is 10.6. The first-order valence-corrected chi connectivity index (χ1v) is 9.15. The predicted octanol–water partition coefficient (Wildman–Crippen LogP) is 4.22. The van der Waals surface area contributed by atoms with Gasteiger partial charge in [-0.25, -0.2) is 9.97 Å². The average molecular weight is 365 g/mol. The summed E-state index contributed by atoms with van der Waals surface area (Å²) in [7, 11) is 1.65. The molecule has 5 heteroatoms. The maximum atomic E-state index is 10.6. The Balaban J connectivity index is 1.77. The number of hydrogen-bond acceptors (Lipinski definition) is 5. The van der Waals surface area contributed by atoms with E-state index in [0.29, 0.717) is 19.0 Å². The Labute approximate surface area is 160 Å². The summed E-state index contributed by atoms with van der Waals surface area (Å²) in [5, 5.41) is 16.1. The molecular formula is C22H27N3O2. The summed E-state index contributed by atoms with van der Waals surface area (Å²) in [4.78, 5) is 9.19. The molecule has 0 bridgehead atoms. The van der Waals surface area contributed by atoms with Gasteiger partial charge in [0.2, 0.25) is 0 Å². The molecule has 0 spiro atoms. The van der Waals surface area contributed by atoms with Crippen LogP contribution in [0.15, 0.2) is 48.5 Å². The average Bonchev–Trinajstić information content (AvgIpc) is 2.65. The summed E-state index contributed by atoms with van der Waals surface area (Å²) < 4.78 is 5.22. The zero-order valence-corrected chi connectivity index (χ0v) is 16.4. The van der Waals surface area contributed by atoms with Gasteiger partial charge < -0.3 is 15.2 Å². The number of nitrogens with one attached hydrogen (secondary N) is 1. The van der Waals surface area contributed by atoms with Crippen LogP contribution in [0.3, 0.4) is 0 Å². The molecule has 0 fully saturated rings. The van der Waals surface area contributed by atoms with E-state index in [4.69, 9.17) is 4.74 Å². The molecule has 0 aliphatic carbocycles. The molecule has 2 N–H and O–H groups in total. The third-order valence-electron chi connectivity index (χ3n) is 4.38. The van der Waals surface area contributed by atoms with Crippen LogP contribution in [-0.4, -0.2) is 28.7 Å². The first kappa shape index (κ1) is 19.3. The maximum Gasteiger partial charge on any atom is 0.136 e. The second-order valence-corrected chi connectivity index (χ2v) is 7.75. The minimum Gasteiger partial charge on any atom is -0.387 e. The molecule has 142 valence electrons. The number of aliphatic hydroxyl groups is 1. The lowest BCUT2D eigenvalue weighted by Crippen LogP contribution is -2.20. The minimum atomic E-state index is -0.631. The molecule has 0 aliphatic heterocycles. The Morgan fingerprint density at radius 1 is 1.04 bits per heavy atom. The molecule has 0 amide bonds. The van der Waals surface area contributed by atoms with Crippen molar-refractivity contribution in [2.24, 2.45) is 0 Å². The Morgan fingerprint density at radius 3 is 2.48 bits per heavy atom. The lowest BCUT2D eigenvalue weighted by molar-refractivity contribution is 0.181. The molecule has 0 aliphatic rings. The Kier molecular flexibility index (Phi) is 5.73. The number of methoxy groups -OCH3 is 1. The van der Waals surface area contributed by atoms with Crippen LogP contribution in [0.5, 0.6) is 0 Å². The zero-order chi connectivity index (χ0) is 19.4. The number of fused-ring (bicyclic) bond motifs is 1. The third-order valence-corrected chi connectivity index (χ3v) is 4.38. The van der Waals surface area contributed by atoms with Gasteiger partial charge in [0.1, 0.15) is 11.6 Å². The van der Waals surface area contributed by atoms with Gasteiger partial charge in [-0.1, -0.05) is 57.2 Å². The van der Waals surface area contributed by atoms with E-state index in [1.807, 2.05) is 36.4 Å². The highest BCUT2D eigenvalue weighted by atomic mass is 16.5. The minimum absolute atomic E-state index is 0.170. The first-order valence-electron chi connectivity index (χ1n) is 9.15. The first-order chi connectivity index (χ1) is 12.9. The van der Waals surface area contributed by atoms with Crippen molar-refractivity contribution in [1.82, 2.24) is 9.97 Å². The number of aliphatic hydroxyl groups excluding tert-OH is 1. The fourth-order valence-electron chi connectivity index (χ4n) is 2.88. The number of ether oxygens (including phenoxy) is 1. The highest BCUT2D eigenvalue weighted by Crippen LogP contribution is 2.23. The standard InChI is InChI=1S/C22H27N3O2/c1-22(2,3)21-24-18(14-27-4)12-20(25-21)23-13-19(26)17-10-9-15-7-5-6-8-16(15)11-17/h5-12,19,26H,13-14H2,1-4H3,(H,23,24,25). The Bertz CT molecular complexity index is 919. The molecule has 5 nitrogen and oxygen atoms in total. The third kappa shape index (κ3) is 4.81. The van der Waals surface area contributed by atoms with E-state index in [1.54, 1.807) is 7.11 Å². The van der Waals surface area contributed by atoms with Gasteiger partial charge in [0.05, 0.1) is 18.4 Å². The van der Waals surface area contributed by atoms with Gasteiger partial charge in [0.25, 0.3) is 0 Å². The highest BCUT2D eigenvalue weighted by Gasteiger charge is 2.19. The van der Waals surface area contributed by atoms with Crippen LogP contribution in [0, 0.1) is 0 Å². The largest absolute Gasteiger partial charge is 0.387 e. The van der Waals surface area contributed by atoms with Gasteiger partial charge in [0, 0.05) is 25.1 Å². The number of benzene rings is 2. The van der Waals surface area contributed by atoms with E-state index in [0.717, 1.165) is 27.9 Å². The topological polar surface area (TPSA) is 67.3 Å². The van der Waals surface area contributed by atoms with Crippen LogP contribution in [-0.2, 0) is 16.8 Å². The molecule has 1 aromatic heterocycles. The van der Waals surface area contributed by atoms with Crippen LogP contribution < -0.4 is 5.32 Å². The van der Waals surface area contributed by atoms with E-state index < -0.39 is 6.10 Å². The molecule has 3 aromatic rings. The predicted molar refractivity (Wildman–Crippen MR) is 109 cm³/mol. The molecule has 3 rings (SSSR count). The van der Waals surface area contributed by atoms with Gasteiger partial charge in [-0.05, 0) is 22.4 Å². The lowest BCUT2D eigenvalue weighted by Gasteiger charge is -2.20. The van der Waals surface area contributed by atoms with E-state index >= 15 is 0 Å². The second-order valence-electron chi connectivity index (χ2n) is 7.75. The molecule has 27 heavy (non-hydrogen) atoms. The van der Waals surface area contributed by atoms with Gasteiger partial charge in [-0.15, -0.1) is 0 Å². The SMILES string of the molecule is COCc1cc(NCC(O)c2ccc3ccccc3c2)nc(C(C)(C)C)n1. The monoisotopic (exact) mass is 365 g/mol. The van der Waals surface area contributed by atoms with Gasteiger partial charge >= 0.3 is 0 Å². The van der Waals surface area contributed by atoms with Crippen molar-refractivity contribution in [1.29, 1.82) is 0 Å². The summed E-state index contributed by atoms with van der Waals surface area (Å²) in [5.74, 6) is 1.45. The van der Waals surface area contributed by atoms with Gasteiger partial charge in [-0.3, -0.25) is 0 Å². The number of aromatic nitrogens is 2. The van der Waals surface area contributed by atoms with E-state index in [2.05, 4.69) is 48.2 Å². The Morgan fingerprint density at radius 2 is 1.78 bits per heavy atom. The molecule has 0 saturated carbocycles. The summed E-state index contributed by atoms with van der Waals surface area (Å²) >= 11 is 0. The van der Waals surface area contributed by atoms with Crippen molar-refractivity contribution in [3.05, 3.63) is 65.6 Å². The zero-order valence-electron chi connectivity index (χ0n) is 16.4. The summed E-state index contributed by atoms with van der Waals surface area (Å²) in [6.45, 7) is 7.02. The number of rotatable bonds is 6. The van der Waals surface area contributed by atoms with Crippen molar-refractivity contribution < 1.29 is 9.84 Å².